The molecule has 0 aromatic heterocycles. The Labute approximate surface area is 161 Å². The number of carbonyl (C=O) groups excluding carboxylic acids is 1. The van der Waals surface area contributed by atoms with Crippen LogP contribution in [0.2, 0.25) is 10.0 Å². The fraction of sp³-hybridized carbons (Fsp3) is 0.222. The number of amides is 1. The quantitative estimate of drug-likeness (QED) is 0.569. The number of nitrogens with zero attached hydrogens (tertiary/aromatic N) is 1. The highest BCUT2D eigenvalue weighted by atomic mass is 35.5. The van der Waals surface area contributed by atoms with Gasteiger partial charge in [0.15, 0.2) is 17.6 Å². The van der Waals surface area contributed by atoms with Gasteiger partial charge >= 0.3 is 0 Å². The van der Waals surface area contributed by atoms with Crippen LogP contribution in [-0.4, -0.2) is 33.5 Å². The van der Waals surface area contributed by atoms with Crippen LogP contribution in [0.4, 0.5) is 0 Å². The lowest BCUT2D eigenvalue weighted by molar-refractivity contribution is -0.131. The minimum absolute atomic E-state index is 0.371. The van der Waals surface area contributed by atoms with Crippen molar-refractivity contribution in [1.29, 1.82) is 0 Å². The molecule has 0 fully saturated rings. The summed E-state index contributed by atoms with van der Waals surface area (Å²) in [5, 5.41) is 4.89. The molecule has 26 heavy (non-hydrogen) atoms. The molecule has 1 N–H and O–H groups in total. The van der Waals surface area contributed by atoms with Gasteiger partial charge in [0.25, 0.3) is 5.91 Å². The third-order valence-corrected chi connectivity index (χ3v) is 4.02. The molecule has 0 aliphatic rings. The third-order valence-electron chi connectivity index (χ3n) is 3.49. The molecule has 0 saturated heterocycles. The SMILES string of the molecule is COc1cc(C=NNC(=O)C(OC)c2ccc(Cl)cc2)cc(Cl)c1OC. The first-order chi connectivity index (χ1) is 12.5. The zero-order chi connectivity index (χ0) is 19.1. The van der Waals surface area contributed by atoms with Gasteiger partial charge < -0.3 is 14.2 Å². The van der Waals surface area contributed by atoms with Gasteiger partial charge in [-0.15, -0.1) is 0 Å². The van der Waals surface area contributed by atoms with Crippen LogP contribution in [0.5, 0.6) is 11.5 Å². The van der Waals surface area contributed by atoms with Crippen LogP contribution in [0.15, 0.2) is 41.5 Å². The average Bonchev–Trinajstić information content (AvgIpc) is 2.63. The monoisotopic (exact) mass is 396 g/mol. The summed E-state index contributed by atoms with van der Waals surface area (Å²) in [7, 11) is 4.45. The summed E-state index contributed by atoms with van der Waals surface area (Å²) in [5.41, 5.74) is 3.74. The number of halogens is 2. The molecule has 0 spiro atoms. The van der Waals surface area contributed by atoms with Gasteiger partial charge in [0.05, 0.1) is 25.5 Å². The average molecular weight is 397 g/mol. The summed E-state index contributed by atoms with van der Waals surface area (Å²) >= 11 is 12.0. The second-order valence-corrected chi connectivity index (χ2v) is 5.98. The van der Waals surface area contributed by atoms with E-state index < -0.39 is 12.0 Å². The second-order valence-electron chi connectivity index (χ2n) is 5.14. The van der Waals surface area contributed by atoms with Crippen LogP contribution in [0.1, 0.15) is 17.2 Å². The molecule has 0 aliphatic heterocycles. The van der Waals surface area contributed by atoms with E-state index in [4.69, 9.17) is 37.4 Å². The fourth-order valence-electron chi connectivity index (χ4n) is 2.27. The lowest BCUT2D eigenvalue weighted by Crippen LogP contribution is -2.26. The fourth-order valence-corrected chi connectivity index (χ4v) is 2.70. The second kappa shape index (κ2) is 9.43. The van der Waals surface area contributed by atoms with Gasteiger partial charge in [-0.2, -0.15) is 5.10 Å². The number of benzene rings is 2. The summed E-state index contributed by atoms with van der Waals surface area (Å²) in [5.74, 6) is 0.471. The minimum Gasteiger partial charge on any atom is -0.493 e. The summed E-state index contributed by atoms with van der Waals surface area (Å²) < 4.78 is 15.6. The summed E-state index contributed by atoms with van der Waals surface area (Å²) in [6.45, 7) is 0. The van der Waals surface area contributed by atoms with Gasteiger partial charge in [0.1, 0.15) is 0 Å². The lowest BCUT2D eigenvalue weighted by Gasteiger charge is -2.13. The van der Waals surface area contributed by atoms with Crippen molar-refractivity contribution in [3.63, 3.8) is 0 Å². The molecule has 0 radical (unpaired) electrons. The largest absolute Gasteiger partial charge is 0.493 e. The van der Waals surface area contributed by atoms with Crippen molar-refractivity contribution in [3.8, 4) is 11.5 Å². The van der Waals surface area contributed by atoms with Crippen molar-refractivity contribution >= 4 is 35.3 Å². The van der Waals surface area contributed by atoms with E-state index in [0.717, 1.165) is 0 Å². The Bertz CT molecular complexity index is 795. The Kier molecular flexibility index (Phi) is 7.26. The van der Waals surface area contributed by atoms with Crippen molar-refractivity contribution < 1.29 is 19.0 Å². The van der Waals surface area contributed by atoms with E-state index >= 15 is 0 Å². The molecule has 138 valence electrons. The third kappa shape index (κ3) is 4.88. The lowest BCUT2D eigenvalue weighted by atomic mass is 10.1. The topological polar surface area (TPSA) is 69.2 Å². The van der Waals surface area contributed by atoms with Crippen molar-refractivity contribution in [3.05, 3.63) is 57.6 Å². The molecule has 1 unspecified atom stereocenters. The molecule has 0 bridgehead atoms. The molecule has 8 heteroatoms. The van der Waals surface area contributed by atoms with Gasteiger partial charge in [-0.1, -0.05) is 35.3 Å². The first-order valence-electron chi connectivity index (χ1n) is 7.52. The van der Waals surface area contributed by atoms with Gasteiger partial charge in [-0.3, -0.25) is 4.79 Å². The Hall–Kier alpha value is -2.28. The number of hydrogen-bond donors (Lipinski definition) is 1. The molecule has 2 aromatic carbocycles. The predicted molar refractivity (Wildman–Crippen MR) is 101 cm³/mol. The van der Waals surface area contributed by atoms with Crippen molar-refractivity contribution in [2.75, 3.05) is 21.3 Å². The van der Waals surface area contributed by atoms with Crippen LogP contribution in [0, 0.1) is 0 Å². The molecule has 0 aliphatic carbocycles. The van der Waals surface area contributed by atoms with Crippen LogP contribution in [0.3, 0.4) is 0 Å². The van der Waals surface area contributed by atoms with Gasteiger partial charge in [-0.25, -0.2) is 5.43 Å². The number of hydrazone groups is 1. The highest BCUT2D eigenvalue weighted by Crippen LogP contribution is 2.35. The molecule has 1 amide bonds. The van der Waals surface area contributed by atoms with E-state index in [1.807, 2.05) is 0 Å². The molecular weight excluding hydrogens is 379 g/mol. The van der Waals surface area contributed by atoms with E-state index in [9.17, 15) is 4.79 Å². The van der Waals surface area contributed by atoms with E-state index in [-0.39, 0.29) is 0 Å². The molecule has 6 nitrogen and oxygen atoms in total. The zero-order valence-corrected chi connectivity index (χ0v) is 16.0. The Morgan fingerprint density at radius 2 is 1.81 bits per heavy atom. The number of ether oxygens (including phenoxy) is 3. The smallest absolute Gasteiger partial charge is 0.273 e. The van der Waals surface area contributed by atoms with Gasteiger partial charge in [0, 0.05) is 12.1 Å². The zero-order valence-electron chi connectivity index (χ0n) is 14.5. The normalized spacial score (nSPS) is 12.0. The van der Waals surface area contributed by atoms with Crippen molar-refractivity contribution in [2.24, 2.45) is 5.10 Å². The molecule has 1 atom stereocenters. The maximum atomic E-state index is 12.3. The number of methoxy groups -OCH3 is 3. The van der Waals surface area contributed by atoms with Crippen molar-refractivity contribution in [2.45, 2.75) is 6.10 Å². The van der Waals surface area contributed by atoms with Crippen molar-refractivity contribution in [1.82, 2.24) is 5.43 Å². The highest BCUT2D eigenvalue weighted by Gasteiger charge is 2.19. The molecular formula is C18H18Cl2N2O4. The van der Waals surface area contributed by atoms with E-state index in [1.165, 1.54) is 27.5 Å². The summed E-state index contributed by atoms with van der Waals surface area (Å²) in [6.07, 6.45) is 0.638. The number of hydrogen-bond acceptors (Lipinski definition) is 5. The first-order valence-corrected chi connectivity index (χ1v) is 8.28. The summed E-state index contributed by atoms with van der Waals surface area (Å²) in [6, 6.07) is 10.1. The Morgan fingerprint density at radius 3 is 2.38 bits per heavy atom. The Balaban J connectivity index is 2.10. The van der Waals surface area contributed by atoms with Crippen LogP contribution < -0.4 is 14.9 Å². The Morgan fingerprint density at radius 1 is 1.12 bits per heavy atom. The van der Waals surface area contributed by atoms with Crippen LogP contribution in [-0.2, 0) is 9.53 Å². The van der Waals surface area contributed by atoms with Gasteiger partial charge in [0.2, 0.25) is 0 Å². The number of carbonyl (C=O) groups is 1. The van der Waals surface area contributed by atoms with Crippen LogP contribution >= 0.6 is 23.2 Å². The predicted octanol–water partition coefficient (Wildman–Crippen LogP) is 3.85. The molecule has 0 heterocycles. The maximum absolute atomic E-state index is 12.3. The highest BCUT2D eigenvalue weighted by molar-refractivity contribution is 6.32. The standard InChI is InChI=1S/C18H18Cl2N2O4/c1-24-15-9-11(8-14(20)17(15)26-3)10-21-22-18(23)16(25-2)12-4-6-13(19)7-5-12/h4-10,16H,1-3H3,(H,22,23). The minimum atomic E-state index is -0.807. The summed E-state index contributed by atoms with van der Waals surface area (Å²) in [4.78, 5) is 12.3. The number of nitrogens with one attached hydrogen (secondary N) is 1. The maximum Gasteiger partial charge on any atom is 0.273 e. The number of rotatable bonds is 7. The van der Waals surface area contributed by atoms with E-state index in [0.29, 0.717) is 32.7 Å². The van der Waals surface area contributed by atoms with E-state index in [1.54, 1.807) is 36.4 Å². The molecule has 2 aromatic rings. The molecule has 2 rings (SSSR count). The molecule has 0 saturated carbocycles. The van der Waals surface area contributed by atoms with Crippen LogP contribution in [0.25, 0.3) is 0 Å². The van der Waals surface area contributed by atoms with E-state index in [2.05, 4.69) is 10.5 Å². The first kappa shape index (κ1) is 20.0. The van der Waals surface area contributed by atoms with Gasteiger partial charge in [-0.05, 0) is 35.4 Å².